The molecule has 2 heterocycles. The van der Waals surface area contributed by atoms with Gasteiger partial charge in [-0.2, -0.15) is 0 Å². The summed E-state index contributed by atoms with van der Waals surface area (Å²) in [4.78, 5) is 19.2. The monoisotopic (exact) mass is 347 g/mol. The standard InChI is InChI=1S/C17H21N3O3S/c1-4-12-8-20(9-15(21)22-3)13-7-11(5-6-14(13)23-12)16-10(2)24-17(18)19-16/h5-7,12H,4,8-9H2,1-3H3,(H2,18,19). The first-order valence-corrected chi connectivity index (χ1v) is 8.69. The summed E-state index contributed by atoms with van der Waals surface area (Å²) >= 11 is 1.47. The van der Waals surface area contributed by atoms with Crippen molar-refractivity contribution in [2.45, 2.75) is 26.4 Å². The highest BCUT2D eigenvalue weighted by Crippen LogP contribution is 2.39. The van der Waals surface area contributed by atoms with Gasteiger partial charge in [0.2, 0.25) is 0 Å². The predicted molar refractivity (Wildman–Crippen MR) is 95.6 cm³/mol. The van der Waals surface area contributed by atoms with Crippen molar-refractivity contribution >= 4 is 28.1 Å². The van der Waals surface area contributed by atoms with E-state index >= 15 is 0 Å². The van der Waals surface area contributed by atoms with Gasteiger partial charge in [0.15, 0.2) is 5.13 Å². The maximum Gasteiger partial charge on any atom is 0.325 e. The van der Waals surface area contributed by atoms with Gasteiger partial charge in [-0.3, -0.25) is 4.79 Å². The Morgan fingerprint density at radius 3 is 2.96 bits per heavy atom. The third-order valence-corrected chi connectivity index (χ3v) is 4.91. The van der Waals surface area contributed by atoms with E-state index in [-0.39, 0.29) is 18.6 Å². The number of ether oxygens (including phenoxy) is 2. The summed E-state index contributed by atoms with van der Waals surface area (Å²) < 4.78 is 10.8. The molecular formula is C17H21N3O3S. The zero-order valence-corrected chi connectivity index (χ0v) is 14.9. The van der Waals surface area contributed by atoms with Crippen molar-refractivity contribution in [2.75, 3.05) is 30.8 Å². The number of hydrogen-bond donors (Lipinski definition) is 1. The van der Waals surface area contributed by atoms with Gasteiger partial charge >= 0.3 is 5.97 Å². The number of fused-ring (bicyclic) bond motifs is 1. The van der Waals surface area contributed by atoms with Crippen LogP contribution in [0.3, 0.4) is 0 Å². The molecule has 0 saturated heterocycles. The van der Waals surface area contributed by atoms with Crippen LogP contribution in [0.4, 0.5) is 10.8 Å². The highest BCUT2D eigenvalue weighted by Gasteiger charge is 2.27. The van der Waals surface area contributed by atoms with Gasteiger partial charge in [0.1, 0.15) is 18.4 Å². The van der Waals surface area contributed by atoms with E-state index in [4.69, 9.17) is 15.2 Å². The number of thiazole rings is 1. The van der Waals surface area contributed by atoms with Crippen molar-refractivity contribution in [1.82, 2.24) is 4.98 Å². The van der Waals surface area contributed by atoms with Crippen LogP contribution in [0.25, 0.3) is 11.3 Å². The molecule has 0 radical (unpaired) electrons. The Kier molecular flexibility index (Phi) is 4.62. The van der Waals surface area contributed by atoms with E-state index in [1.807, 2.05) is 30.0 Å². The molecule has 0 bridgehead atoms. The van der Waals surface area contributed by atoms with E-state index < -0.39 is 0 Å². The predicted octanol–water partition coefficient (Wildman–Crippen LogP) is 2.85. The number of carbonyl (C=O) groups excluding carboxylic acids is 1. The summed E-state index contributed by atoms with van der Waals surface area (Å²) in [6, 6.07) is 5.92. The number of aryl methyl sites for hydroxylation is 1. The molecule has 1 atom stereocenters. The molecule has 1 aromatic heterocycles. The Bertz CT molecular complexity index is 760. The highest BCUT2D eigenvalue weighted by molar-refractivity contribution is 7.15. The fraction of sp³-hybridized carbons (Fsp3) is 0.412. The van der Waals surface area contributed by atoms with Crippen molar-refractivity contribution < 1.29 is 14.3 Å². The first-order valence-electron chi connectivity index (χ1n) is 7.87. The number of aromatic nitrogens is 1. The zero-order valence-electron chi connectivity index (χ0n) is 14.0. The number of carbonyl (C=O) groups is 1. The number of hydrogen-bond acceptors (Lipinski definition) is 7. The second-order valence-electron chi connectivity index (χ2n) is 5.74. The molecule has 0 spiro atoms. The first-order chi connectivity index (χ1) is 11.5. The molecule has 0 saturated carbocycles. The lowest BCUT2D eigenvalue weighted by Crippen LogP contribution is -2.42. The van der Waals surface area contributed by atoms with Gasteiger partial charge in [0.05, 0.1) is 25.0 Å². The molecule has 7 heteroatoms. The number of nitrogens with two attached hydrogens (primary N) is 1. The van der Waals surface area contributed by atoms with Crippen LogP contribution in [-0.2, 0) is 9.53 Å². The second-order valence-corrected chi connectivity index (χ2v) is 6.98. The molecule has 3 rings (SSSR count). The van der Waals surface area contributed by atoms with Crippen molar-refractivity contribution in [3.63, 3.8) is 0 Å². The molecule has 0 fully saturated rings. The van der Waals surface area contributed by atoms with Crippen LogP contribution in [0.5, 0.6) is 5.75 Å². The molecular weight excluding hydrogens is 326 g/mol. The fourth-order valence-corrected chi connectivity index (χ4v) is 3.55. The summed E-state index contributed by atoms with van der Waals surface area (Å²) in [6.07, 6.45) is 0.935. The molecule has 6 nitrogen and oxygen atoms in total. The summed E-state index contributed by atoms with van der Waals surface area (Å²) in [5.74, 6) is 0.513. The Morgan fingerprint density at radius 1 is 1.54 bits per heavy atom. The number of nitrogens with zero attached hydrogens (tertiary/aromatic N) is 2. The van der Waals surface area contributed by atoms with Gasteiger partial charge in [-0.1, -0.05) is 6.92 Å². The molecule has 0 aliphatic carbocycles. The number of anilines is 2. The third kappa shape index (κ3) is 3.17. The second kappa shape index (κ2) is 6.68. The number of methoxy groups -OCH3 is 1. The lowest BCUT2D eigenvalue weighted by molar-refractivity contribution is -0.139. The Balaban J connectivity index is 2.00. The van der Waals surface area contributed by atoms with E-state index in [9.17, 15) is 4.79 Å². The van der Waals surface area contributed by atoms with Gasteiger partial charge in [-0.05, 0) is 31.5 Å². The minimum atomic E-state index is -0.266. The van der Waals surface area contributed by atoms with E-state index in [2.05, 4.69) is 11.9 Å². The molecule has 1 aromatic carbocycles. The Hall–Kier alpha value is -2.28. The highest BCUT2D eigenvalue weighted by atomic mass is 32.1. The lowest BCUT2D eigenvalue weighted by Gasteiger charge is -2.35. The molecule has 1 aliphatic rings. The Labute approximate surface area is 145 Å². The van der Waals surface area contributed by atoms with E-state index in [1.54, 1.807) is 0 Å². The summed E-state index contributed by atoms with van der Waals surface area (Å²) in [6.45, 7) is 4.92. The van der Waals surface area contributed by atoms with Crippen LogP contribution in [0.2, 0.25) is 0 Å². The maximum absolute atomic E-state index is 11.8. The summed E-state index contributed by atoms with van der Waals surface area (Å²) in [5, 5.41) is 0.550. The molecule has 1 aliphatic heterocycles. The molecule has 2 aromatic rings. The number of nitrogen functional groups attached to an aromatic ring is 1. The minimum Gasteiger partial charge on any atom is -0.486 e. The van der Waals surface area contributed by atoms with E-state index in [1.165, 1.54) is 18.4 Å². The largest absolute Gasteiger partial charge is 0.486 e. The SMILES string of the molecule is CCC1CN(CC(=O)OC)c2cc(-c3nc(N)sc3C)ccc2O1. The topological polar surface area (TPSA) is 77.7 Å². The molecule has 128 valence electrons. The van der Waals surface area contributed by atoms with E-state index in [0.717, 1.165) is 34.0 Å². The average molecular weight is 347 g/mol. The Morgan fingerprint density at radius 2 is 2.33 bits per heavy atom. The van der Waals surface area contributed by atoms with Gasteiger partial charge in [-0.15, -0.1) is 11.3 Å². The molecule has 1 unspecified atom stereocenters. The minimum absolute atomic E-state index is 0.0599. The van der Waals surface area contributed by atoms with Crippen LogP contribution in [0, 0.1) is 6.92 Å². The van der Waals surface area contributed by atoms with Gasteiger partial charge in [0.25, 0.3) is 0 Å². The molecule has 0 amide bonds. The number of esters is 1. The average Bonchev–Trinajstić information content (AvgIpc) is 2.92. The number of rotatable bonds is 4. The van der Waals surface area contributed by atoms with Crippen LogP contribution < -0.4 is 15.4 Å². The van der Waals surface area contributed by atoms with Crippen LogP contribution in [0.15, 0.2) is 18.2 Å². The first kappa shape index (κ1) is 16.6. The zero-order chi connectivity index (χ0) is 17.3. The fourth-order valence-electron chi connectivity index (χ4n) is 2.84. The lowest BCUT2D eigenvalue weighted by atomic mass is 10.1. The van der Waals surface area contributed by atoms with Crippen LogP contribution in [-0.4, -0.2) is 37.3 Å². The van der Waals surface area contributed by atoms with Gasteiger partial charge in [-0.25, -0.2) is 4.98 Å². The normalized spacial score (nSPS) is 16.5. The van der Waals surface area contributed by atoms with Crippen LogP contribution in [0.1, 0.15) is 18.2 Å². The van der Waals surface area contributed by atoms with Gasteiger partial charge in [0, 0.05) is 10.4 Å². The summed E-state index contributed by atoms with van der Waals surface area (Å²) in [5.41, 5.74) is 8.53. The summed E-state index contributed by atoms with van der Waals surface area (Å²) in [7, 11) is 1.40. The third-order valence-electron chi connectivity index (χ3n) is 4.11. The number of benzene rings is 1. The van der Waals surface area contributed by atoms with Gasteiger partial charge < -0.3 is 20.1 Å². The molecule has 2 N–H and O–H groups in total. The van der Waals surface area contributed by atoms with Crippen molar-refractivity contribution in [2.24, 2.45) is 0 Å². The molecule has 24 heavy (non-hydrogen) atoms. The van der Waals surface area contributed by atoms with E-state index in [0.29, 0.717) is 11.7 Å². The maximum atomic E-state index is 11.8. The van der Waals surface area contributed by atoms with Crippen molar-refractivity contribution in [3.8, 4) is 17.0 Å². The van der Waals surface area contributed by atoms with Crippen molar-refractivity contribution in [3.05, 3.63) is 23.1 Å². The smallest absolute Gasteiger partial charge is 0.325 e. The quantitative estimate of drug-likeness (QED) is 0.857. The van der Waals surface area contributed by atoms with Crippen LogP contribution >= 0.6 is 11.3 Å². The van der Waals surface area contributed by atoms with Crippen molar-refractivity contribution in [1.29, 1.82) is 0 Å².